The Bertz CT molecular complexity index is 514. The molecule has 0 fully saturated rings. The molecule has 0 bridgehead atoms. The summed E-state index contributed by atoms with van der Waals surface area (Å²) >= 11 is 0. The van der Waals surface area contributed by atoms with Gasteiger partial charge >= 0.3 is 0 Å². The predicted molar refractivity (Wildman–Crippen MR) is 132 cm³/mol. The van der Waals surface area contributed by atoms with E-state index in [1.807, 2.05) is 13.8 Å². The van der Waals surface area contributed by atoms with Crippen molar-refractivity contribution in [1.82, 2.24) is 10.6 Å². The Morgan fingerprint density at radius 1 is 0.794 bits per heavy atom. The third-order valence-corrected chi connectivity index (χ3v) is 4.75. The van der Waals surface area contributed by atoms with Crippen molar-refractivity contribution in [1.29, 1.82) is 0 Å². The first-order valence-electron chi connectivity index (χ1n) is 12.7. The molecule has 0 saturated carbocycles. The van der Waals surface area contributed by atoms with Gasteiger partial charge in [0, 0.05) is 31.8 Å². The van der Waals surface area contributed by atoms with Crippen LogP contribution in [0.25, 0.3) is 0 Å². The minimum absolute atomic E-state index is 0.000155. The highest BCUT2D eigenvalue weighted by Crippen LogP contribution is 2.12. The number of carbonyl (C=O) groups excluding carboxylic acids is 2. The SMILES string of the molecule is CC(C)OCC(=O)NCCCCCOCCOCCCCCOCC(F)CNC(=O)C(C)(C)C. The van der Waals surface area contributed by atoms with Crippen molar-refractivity contribution in [3.63, 3.8) is 0 Å². The fourth-order valence-corrected chi connectivity index (χ4v) is 2.67. The Morgan fingerprint density at radius 3 is 1.91 bits per heavy atom. The van der Waals surface area contributed by atoms with Crippen LogP contribution < -0.4 is 10.6 Å². The summed E-state index contributed by atoms with van der Waals surface area (Å²) in [6.07, 6.45) is 4.50. The van der Waals surface area contributed by atoms with Crippen molar-refractivity contribution in [3.05, 3.63) is 0 Å². The van der Waals surface area contributed by atoms with Gasteiger partial charge in [0.2, 0.25) is 11.8 Å². The van der Waals surface area contributed by atoms with Gasteiger partial charge in [-0.1, -0.05) is 20.8 Å². The van der Waals surface area contributed by atoms with Crippen molar-refractivity contribution in [2.24, 2.45) is 5.41 Å². The zero-order valence-corrected chi connectivity index (χ0v) is 22.1. The van der Waals surface area contributed by atoms with E-state index in [2.05, 4.69) is 10.6 Å². The molecule has 0 rings (SSSR count). The Hall–Kier alpha value is -1.29. The van der Waals surface area contributed by atoms with Crippen molar-refractivity contribution in [2.45, 2.75) is 85.4 Å². The molecule has 0 spiro atoms. The van der Waals surface area contributed by atoms with E-state index in [-0.39, 0.29) is 37.7 Å². The minimum atomic E-state index is -1.19. The lowest BCUT2D eigenvalue weighted by molar-refractivity contribution is -0.129. The highest BCUT2D eigenvalue weighted by atomic mass is 19.1. The molecule has 1 unspecified atom stereocenters. The third-order valence-electron chi connectivity index (χ3n) is 4.75. The normalized spacial score (nSPS) is 12.7. The lowest BCUT2D eigenvalue weighted by Crippen LogP contribution is -2.39. The first kappa shape index (κ1) is 32.7. The second kappa shape index (κ2) is 21.0. The van der Waals surface area contributed by atoms with Crippen molar-refractivity contribution >= 4 is 11.8 Å². The molecule has 202 valence electrons. The summed E-state index contributed by atoms with van der Waals surface area (Å²) < 4.78 is 35.4. The highest BCUT2D eigenvalue weighted by Gasteiger charge is 2.21. The van der Waals surface area contributed by atoms with E-state index in [4.69, 9.17) is 18.9 Å². The Balaban J connectivity index is 3.27. The van der Waals surface area contributed by atoms with Gasteiger partial charge in [0.1, 0.15) is 12.8 Å². The molecule has 0 aromatic carbocycles. The van der Waals surface area contributed by atoms with Crippen molar-refractivity contribution < 1.29 is 32.9 Å². The molecule has 2 N–H and O–H groups in total. The fourth-order valence-electron chi connectivity index (χ4n) is 2.67. The van der Waals surface area contributed by atoms with Gasteiger partial charge in [-0.2, -0.15) is 0 Å². The fraction of sp³-hybridized carbons (Fsp3) is 0.920. The second-order valence-corrected chi connectivity index (χ2v) is 9.69. The predicted octanol–water partition coefficient (Wildman–Crippen LogP) is 3.42. The summed E-state index contributed by atoms with van der Waals surface area (Å²) in [5, 5.41) is 5.44. The quantitative estimate of drug-likeness (QED) is 0.225. The van der Waals surface area contributed by atoms with Gasteiger partial charge in [-0.05, 0) is 52.4 Å². The summed E-state index contributed by atoms with van der Waals surface area (Å²) in [5.74, 6) is -0.229. The highest BCUT2D eigenvalue weighted by molar-refractivity contribution is 5.81. The maximum atomic E-state index is 13.7. The van der Waals surface area contributed by atoms with Gasteiger partial charge in [-0.3, -0.25) is 9.59 Å². The number of ether oxygens (including phenoxy) is 4. The maximum absolute atomic E-state index is 13.7. The number of rotatable bonds is 22. The summed E-state index contributed by atoms with van der Waals surface area (Å²) in [5.41, 5.74) is -0.515. The van der Waals surface area contributed by atoms with Gasteiger partial charge in [-0.25, -0.2) is 4.39 Å². The van der Waals surface area contributed by atoms with Crippen LogP contribution in [-0.4, -0.2) is 83.4 Å². The van der Waals surface area contributed by atoms with E-state index >= 15 is 0 Å². The van der Waals surface area contributed by atoms with Crippen LogP contribution in [0, 0.1) is 5.41 Å². The molecule has 1 atom stereocenters. The van der Waals surface area contributed by atoms with Gasteiger partial charge in [0.05, 0.1) is 32.5 Å². The third kappa shape index (κ3) is 22.5. The summed E-state index contributed by atoms with van der Waals surface area (Å²) in [4.78, 5) is 23.2. The van der Waals surface area contributed by atoms with Crippen LogP contribution in [0.4, 0.5) is 4.39 Å². The van der Waals surface area contributed by atoms with E-state index in [0.29, 0.717) is 39.6 Å². The standard InChI is InChI=1S/C25H49FN2O6/c1-21(2)34-20-23(29)27-12-8-6-9-13-31-16-17-32-14-10-7-11-15-33-19-22(26)18-28-24(30)25(3,4)5/h21-22H,6-20H2,1-5H3,(H,27,29)(H,28,30). The van der Waals surface area contributed by atoms with Crippen molar-refractivity contribution in [3.8, 4) is 0 Å². The Morgan fingerprint density at radius 2 is 1.35 bits per heavy atom. The molecule has 0 aliphatic carbocycles. The lowest BCUT2D eigenvalue weighted by atomic mass is 9.96. The molecule has 0 radical (unpaired) electrons. The van der Waals surface area contributed by atoms with Gasteiger partial charge in [0.15, 0.2) is 0 Å². The van der Waals surface area contributed by atoms with Crippen LogP contribution in [0.2, 0.25) is 0 Å². The number of amides is 2. The number of nitrogens with one attached hydrogen (secondary N) is 2. The van der Waals surface area contributed by atoms with Gasteiger partial charge < -0.3 is 29.6 Å². The first-order valence-corrected chi connectivity index (χ1v) is 12.7. The Labute approximate surface area is 206 Å². The first-order chi connectivity index (χ1) is 16.1. The number of hydrogen-bond donors (Lipinski definition) is 2. The zero-order chi connectivity index (χ0) is 25.7. The molecule has 0 saturated heterocycles. The van der Waals surface area contributed by atoms with Crippen LogP contribution in [0.1, 0.15) is 73.1 Å². The Kier molecular flexibility index (Phi) is 20.2. The zero-order valence-electron chi connectivity index (χ0n) is 22.1. The largest absolute Gasteiger partial charge is 0.379 e. The molecule has 0 aliphatic rings. The molecule has 2 amide bonds. The number of halogens is 1. The minimum Gasteiger partial charge on any atom is -0.379 e. The van der Waals surface area contributed by atoms with Crippen molar-refractivity contribution in [2.75, 3.05) is 59.3 Å². The number of alkyl halides is 1. The van der Waals surface area contributed by atoms with Crippen LogP contribution in [-0.2, 0) is 28.5 Å². The maximum Gasteiger partial charge on any atom is 0.246 e. The van der Waals surface area contributed by atoms with Crippen LogP contribution in [0.15, 0.2) is 0 Å². The van der Waals surface area contributed by atoms with Crippen LogP contribution in [0.3, 0.4) is 0 Å². The molecular formula is C25H49FN2O6. The molecule has 34 heavy (non-hydrogen) atoms. The average Bonchev–Trinajstić information content (AvgIpc) is 2.77. The van der Waals surface area contributed by atoms with Crippen LogP contribution >= 0.6 is 0 Å². The lowest BCUT2D eigenvalue weighted by Gasteiger charge is -2.18. The van der Waals surface area contributed by atoms with Crippen LogP contribution in [0.5, 0.6) is 0 Å². The van der Waals surface area contributed by atoms with Gasteiger partial charge in [-0.15, -0.1) is 0 Å². The average molecular weight is 493 g/mol. The van der Waals surface area contributed by atoms with E-state index in [0.717, 1.165) is 38.5 Å². The van der Waals surface area contributed by atoms with Gasteiger partial charge in [0.25, 0.3) is 0 Å². The molecule has 9 heteroatoms. The monoisotopic (exact) mass is 492 g/mol. The summed E-state index contributed by atoms with van der Waals surface area (Å²) in [6, 6.07) is 0. The van der Waals surface area contributed by atoms with E-state index in [9.17, 15) is 14.0 Å². The molecule has 0 heterocycles. The molecule has 8 nitrogen and oxygen atoms in total. The molecule has 0 aromatic rings. The van der Waals surface area contributed by atoms with E-state index < -0.39 is 11.6 Å². The number of hydrogen-bond acceptors (Lipinski definition) is 6. The summed E-state index contributed by atoms with van der Waals surface area (Å²) in [6.45, 7) is 13.0. The summed E-state index contributed by atoms with van der Waals surface area (Å²) in [7, 11) is 0. The smallest absolute Gasteiger partial charge is 0.246 e. The number of carbonyl (C=O) groups is 2. The number of unbranched alkanes of at least 4 members (excludes halogenated alkanes) is 4. The topological polar surface area (TPSA) is 95.1 Å². The molecule has 0 aromatic heterocycles. The molecule has 0 aliphatic heterocycles. The van der Waals surface area contributed by atoms with E-state index in [1.165, 1.54) is 0 Å². The second-order valence-electron chi connectivity index (χ2n) is 9.69. The molecular weight excluding hydrogens is 443 g/mol. The van der Waals surface area contributed by atoms with E-state index in [1.54, 1.807) is 20.8 Å².